The first-order valence-corrected chi connectivity index (χ1v) is 13.9. The monoisotopic (exact) mass is 532 g/mol. The Bertz CT molecular complexity index is 1390. The van der Waals surface area contributed by atoms with Crippen molar-refractivity contribution in [2.45, 2.75) is 66.5 Å². The number of hydrogen-bond donors (Lipinski definition) is 1. The van der Waals surface area contributed by atoms with Crippen LogP contribution in [0.25, 0.3) is 11.1 Å². The summed E-state index contributed by atoms with van der Waals surface area (Å²) < 4.78 is 0. The van der Waals surface area contributed by atoms with Gasteiger partial charge in [-0.15, -0.1) is 20.4 Å². The smallest absolute Gasteiger partial charge is 0.149 e. The van der Waals surface area contributed by atoms with Gasteiger partial charge in [0.1, 0.15) is 36.9 Å². The topological polar surface area (TPSA) is 96.5 Å². The molecule has 1 N–H and O–H groups in total. The minimum Gasteiger partial charge on any atom is -0.507 e. The Morgan fingerprint density at radius 3 is 1.41 bits per heavy atom. The first-order valence-electron chi connectivity index (χ1n) is 12.3. The summed E-state index contributed by atoms with van der Waals surface area (Å²) in [5.74, 6) is 0.207. The van der Waals surface area contributed by atoms with Crippen LogP contribution in [0.2, 0.25) is 0 Å². The van der Waals surface area contributed by atoms with Crippen molar-refractivity contribution >= 4 is 46.2 Å². The quantitative estimate of drug-likeness (QED) is 0.412. The highest BCUT2D eigenvalue weighted by molar-refractivity contribution is 7.12. The van der Waals surface area contributed by atoms with E-state index in [1.54, 1.807) is 22.7 Å². The summed E-state index contributed by atoms with van der Waals surface area (Å²) in [7, 11) is 0. The number of allylic oxidation sites excluding steroid dienone is 2. The number of aromatic hydroxyl groups is 1. The minimum absolute atomic E-state index is 0.207. The number of rotatable bonds is 4. The molecule has 2 unspecified atom stereocenters. The van der Waals surface area contributed by atoms with E-state index in [9.17, 15) is 5.11 Å². The van der Waals surface area contributed by atoms with Crippen LogP contribution in [0.1, 0.15) is 72.7 Å². The molecule has 4 heterocycles. The average molecular weight is 533 g/mol. The Morgan fingerprint density at radius 1 is 0.676 bits per heavy atom. The molecule has 1 aromatic carbocycles. The first-order chi connectivity index (χ1) is 17.3. The number of aromatic nitrogens is 4. The van der Waals surface area contributed by atoms with Crippen molar-refractivity contribution in [2.24, 2.45) is 20.8 Å². The predicted octanol–water partition coefficient (Wildman–Crippen LogP) is 6.53. The number of nitrogens with zero attached hydrogens (tertiary/aromatic N) is 6. The van der Waals surface area contributed by atoms with Gasteiger partial charge in [0.25, 0.3) is 0 Å². The van der Waals surface area contributed by atoms with Crippen molar-refractivity contribution in [2.75, 3.05) is 0 Å². The lowest BCUT2D eigenvalue weighted by atomic mass is 9.66. The zero-order valence-electron chi connectivity index (χ0n) is 22.5. The van der Waals surface area contributed by atoms with Crippen LogP contribution in [0.4, 0.5) is 0 Å². The normalized spacial score (nSPS) is 23.6. The SMILES string of the molecule is Cc1nnc(C2=CC(c3cccc(C4(C(C)(C)C)C=C(c5nnc(C)s5)C=N4)c3O)(C(C)(C)C)N=C2)s1. The van der Waals surface area contributed by atoms with Crippen molar-refractivity contribution in [1.29, 1.82) is 0 Å². The van der Waals surface area contributed by atoms with E-state index in [1.165, 1.54) is 0 Å². The van der Waals surface area contributed by atoms with Gasteiger partial charge < -0.3 is 5.11 Å². The van der Waals surface area contributed by atoms with Crippen LogP contribution in [0.15, 0.2) is 40.3 Å². The van der Waals surface area contributed by atoms with Crippen LogP contribution in [0, 0.1) is 24.7 Å². The second-order valence-electron chi connectivity index (χ2n) is 11.7. The van der Waals surface area contributed by atoms with Gasteiger partial charge in [0.2, 0.25) is 0 Å². The molecule has 0 bridgehead atoms. The van der Waals surface area contributed by atoms with Gasteiger partial charge in [0.15, 0.2) is 0 Å². The molecular formula is C28H32N6OS2. The molecule has 2 aliphatic rings. The Labute approximate surface area is 225 Å². The molecule has 0 fully saturated rings. The summed E-state index contributed by atoms with van der Waals surface area (Å²) in [6.07, 6.45) is 7.97. The van der Waals surface area contributed by atoms with E-state index in [0.29, 0.717) is 0 Å². The van der Waals surface area contributed by atoms with E-state index >= 15 is 0 Å². The highest BCUT2D eigenvalue weighted by atomic mass is 32.1. The van der Waals surface area contributed by atoms with Crippen LogP contribution in [0.3, 0.4) is 0 Å². The highest BCUT2D eigenvalue weighted by Crippen LogP contribution is 2.56. The van der Waals surface area contributed by atoms with Gasteiger partial charge in [-0.2, -0.15) is 0 Å². The predicted molar refractivity (Wildman–Crippen MR) is 153 cm³/mol. The molecule has 0 aliphatic carbocycles. The van der Waals surface area contributed by atoms with E-state index in [-0.39, 0.29) is 16.6 Å². The second-order valence-corrected chi connectivity index (χ2v) is 14.1. The van der Waals surface area contributed by atoms with Gasteiger partial charge in [0.05, 0.1) is 0 Å². The fourth-order valence-corrected chi connectivity index (χ4v) is 6.43. The first kappa shape index (κ1) is 25.6. The lowest BCUT2D eigenvalue weighted by molar-refractivity contribution is 0.231. The van der Waals surface area contributed by atoms with Crippen molar-refractivity contribution in [3.63, 3.8) is 0 Å². The van der Waals surface area contributed by atoms with Gasteiger partial charge in [0, 0.05) is 34.7 Å². The van der Waals surface area contributed by atoms with E-state index in [2.05, 4.69) is 74.1 Å². The molecule has 2 atom stereocenters. The number of aliphatic imine (C=N–C) groups is 2. The molecule has 7 nitrogen and oxygen atoms in total. The van der Waals surface area contributed by atoms with E-state index in [0.717, 1.165) is 42.3 Å². The zero-order chi connectivity index (χ0) is 26.8. The lowest BCUT2D eigenvalue weighted by Gasteiger charge is -2.42. The van der Waals surface area contributed by atoms with Crippen LogP contribution in [-0.4, -0.2) is 37.9 Å². The third-order valence-corrected chi connectivity index (χ3v) is 9.01. The largest absolute Gasteiger partial charge is 0.507 e. The Kier molecular flexibility index (Phi) is 5.88. The molecule has 2 aromatic heterocycles. The standard InChI is InChI=1S/C28H32N6OS2/c1-16-31-33-23(36-16)18-12-27(29-14-18,25(3,4)5)20-10-9-11-21(22(20)35)28(26(6,7)8)13-19(15-30-28)24-34-32-17(2)37-24/h9-15,35H,1-8H3. The Hall–Kier alpha value is -3.04. The maximum atomic E-state index is 12.0. The number of para-hydroxylation sites is 1. The summed E-state index contributed by atoms with van der Waals surface area (Å²) in [4.78, 5) is 10.1. The van der Waals surface area contributed by atoms with Crippen molar-refractivity contribution in [3.05, 3.63) is 61.5 Å². The molecule has 0 amide bonds. The summed E-state index contributed by atoms with van der Waals surface area (Å²) in [6.45, 7) is 16.7. The maximum Gasteiger partial charge on any atom is 0.149 e. The maximum absolute atomic E-state index is 12.0. The van der Waals surface area contributed by atoms with Gasteiger partial charge in [-0.1, -0.05) is 82.4 Å². The molecule has 9 heteroatoms. The Balaban J connectivity index is 1.70. The van der Waals surface area contributed by atoms with Crippen LogP contribution in [-0.2, 0) is 11.1 Å². The molecule has 3 aromatic rings. The van der Waals surface area contributed by atoms with Crippen molar-refractivity contribution < 1.29 is 5.11 Å². The van der Waals surface area contributed by atoms with Crippen LogP contribution >= 0.6 is 22.7 Å². The van der Waals surface area contributed by atoms with E-state index in [4.69, 9.17) is 9.98 Å². The molecule has 2 aliphatic heterocycles. The van der Waals surface area contributed by atoms with Gasteiger partial charge in [-0.05, 0) is 36.8 Å². The molecule has 0 radical (unpaired) electrons. The van der Waals surface area contributed by atoms with Crippen molar-refractivity contribution in [3.8, 4) is 5.75 Å². The van der Waals surface area contributed by atoms with Gasteiger partial charge in [-0.25, -0.2) is 0 Å². The van der Waals surface area contributed by atoms with Gasteiger partial charge in [-0.3, -0.25) is 9.98 Å². The zero-order valence-corrected chi connectivity index (χ0v) is 24.1. The van der Waals surface area contributed by atoms with E-state index < -0.39 is 11.1 Å². The molecular weight excluding hydrogens is 500 g/mol. The minimum atomic E-state index is -0.785. The average Bonchev–Trinajstić information content (AvgIpc) is 3.58. The molecule has 192 valence electrons. The lowest BCUT2D eigenvalue weighted by Crippen LogP contribution is -2.38. The molecule has 37 heavy (non-hydrogen) atoms. The number of aryl methyl sites for hydroxylation is 2. The van der Waals surface area contributed by atoms with Crippen LogP contribution < -0.4 is 0 Å². The summed E-state index contributed by atoms with van der Waals surface area (Å²) in [5, 5.41) is 32.5. The third-order valence-electron chi connectivity index (χ3n) is 7.23. The summed E-state index contributed by atoms with van der Waals surface area (Å²) >= 11 is 3.08. The van der Waals surface area contributed by atoms with Crippen LogP contribution in [0.5, 0.6) is 5.75 Å². The molecule has 0 saturated heterocycles. The number of hydrogen-bond acceptors (Lipinski definition) is 9. The third kappa shape index (κ3) is 3.99. The fourth-order valence-electron chi connectivity index (χ4n) is 5.08. The molecule has 0 saturated carbocycles. The van der Waals surface area contributed by atoms with Crippen molar-refractivity contribution in [1.82, 2.24) is 20.4 Å². The van der Waals surface area contributed by atoms with Gasteiger partial charge >= 0.3 is 0 Å². The summed E-state index contributed by atoms with van der Waals surface area (Å²) in [6, 6.07) is 5.94. The van der Waals surface area contributed by atoms with E-state index in [1.807, 2.05) is 44.5 Å². The Morgan fingerprint density at radius 2 is 1.08 bits per heavy atom. The highest BCUT2D eigenvalue weighted by Gasteiger charge is 2.50. The fraction of sp³-hybridized carbons (Fsp3) is 0.429. The molecule has 0 spiro atoms. The molecule has 5 rings (SSSR count). The second kappa shape index (κ2) is 8.49. The number of phenols is 1. The number of phenolic OH excluding ortho intramolecular Hbond substituents is 1. The number of benzene rings is 1. The summed E-state index contributed by atoms with van der Waals surface area (Å²) in [5.41, 5.74) is 1.10.